The van der Waals surface area contributed by atoms with Crippen molar-refractivity contribution in [2.45, 2.75) is 32.7 Å². The summed E-state index contributed by atoms with van der Waals surface area (Å²) in [6.07, 6.45) is 2.72. The van der Waals surface area contributed by atoms with E-state index in [0.29, 0.717) is 12.8 Å². The third-order valence-corrected chi connectivity index (χ3v) is 2.29. The van der Waals surface area contributed by atoms with Crippen LogP contribution in [0.15, 0.2) is 22.8 Å². The van der Waals surface area contributed by atoms with Crippen LogP contribution in [0.1, 0.15) is 26.0 Å². The Hall–Kier alpha value is -1.09. The number of aryl methyl sites for hydroxylation is 1. The first kappa shape index (κ1) is 11.0. The van der Waals surface area contributed by atoms with Crippen molar-refractivity contribution in [3.05, 3.63) is 24.2 Å². The molecule has 2 N–H and O–H groups in total. The van der Waals surface area contributed by atoms with Crippen LogP contribution in [0.2, 0.25) is 0 Å². The zero-order valence-electron chi connectivity index (χ0n) is 8.69. The lowest BCUT2D eigenvalue weighted by Gasteiger charge is -2.13. The van der Waals surface area contributed by atoms with E-state index >= 15 is 0 Å². The van der Waals surface area contributed by atoms with Gasteiger partial charge in [0, 0.05) is 12.8 Å². The van der Waals surface area contributed by atoms with E-state index in [1.54, 1.807) is 6.26 Å². The summed E-state index contributed by atoms with van der Waals surface area (Å²) in [7, 11) is 0. The van der Waals surface area contributed by atoms with Gasteiger partial charge in [-0.05, 0) is 18.1 Å². The first-order chi connectivity index (χ1) is 6.61. The molecular formula is C11H17NO2. The summed E-state index contributed by atoms with van der Waals surface area (Å²) in [6.45, 7) is 3.91. The highest BCUT2D eigenvalue weighted by atomic mass is 16.3. The number of furan rings is 1. The minimum atomic E-state index is -0.343. The number of nitrogens with two attached hydrogens (primary N) is 1. The van der Waals surface area contributed by atoms with E-state index in [1.165, 1.54) is 0 Å². The van der Waals surface area contributed by atoms with Gasteiger partial charge in [-0.1, -0.05) is 13.8 Å². The van der Waals surface area contributed by atoms with Crippen LogP contribution < -0.4 is 5.73 Å². The van der Waals surface area contributed by atoms with Crippen molar-refractivity contribution in [3.63, 3.8) is 0 Å². The van der Waals surface area contributed by atoms with Gasteiger partial charge in [0.1, 0.15) is 11.5 Å². The molecule has 1 aromatic rings. The monoisotopic (exact) mass is 195 g/mol. The quantitative estimate of drug-likeness (QED) is 0.779. The van der Waals surface area contributed by atoms with E-state index in [-0.39, 0.29) is 17.7 Å². The molecule has 78 valence electrons. The summed E-state index contributed by atoms with van der Waals surface area (Å²) in [5, 5.41) is 0. The number of Topliss-reactive ketones (excluding diaryl/α,β-unsaturated/α-hetero) is 1. The molecule has 1 heterocycles. The number of hydrogen-bond acceptors (Lipinski definition) is 3. The Labute approximate surface area is 84.3 Å². The number of carbonyl (C=O) groups excluding carboxylic acids is 1. The minimum Gasteiger partial charge on any atom is -0.469 e. The summed E-state index contributed by atoms with van der Waals surface area (Å²) >= 11 is 0. The fraction of sp³-hybridized carbons (Fsp3) is 0.545. The third kappa shape index (κ3) is 3.00. The first-order valence-electron chi connectivity index (χ1n) is 4.92. The van der Waals surface area contributed by atoms with Crippen molar-refractivity contribution in [3.8, 4) is 0 Å². The van der Waals surface area contributed by atoms with Crippen molar-refractivity contribution >= 4 is 5.78 Å². The topological polar surface area (TPSA) is 56.2 Å². The lowest BCUT2D eigenvalue weighted by Crippen LogP contribution is -2.35. The SMILES string of the molecule is CC(C)[C@@H](N)C(=O)CCc1ccco1. The molecule has 0 aromatic carbocycles. The summed E-state index contributed by atoms with van der Waals surface area (Å²) in [5.41, 5.74) is 5.72. The maximum absolute atomic E-state index is 11.5. The number of hydrogen-bond donors (Lipinski definition) is 1. The fourth-order valence-corrected chi connectivity index (χ4v) is 1.24. The Morgan fingerprint density at radius 1 is 1.57 bits per heavy atom. The molecule has 0 saturated carbocycles. The van der Waals surface area contributed by atoms with E-state index in [2.05, 4.69) is 0 Å². The molecule has 0 saturated heterocycles. The molecule has 3 nitrogen and oxygen atoms in total. The molecular weight excluding hydrogens is 178 g/mol. The largest absolute Gasteiger partial charge is 0.469 e. The molecule has 0 aliphatic carbocycles. The average molecular weight is 195 g/mol. The molecule has 0 spiro atoms. The molecule has 1 aromatic heterocycles. The lowest BCUT2D eigenvalue weighted by atomic mass is 9.98. The first-order valence-corrected chi connectivity index (χ1v) is 4.92. The third-order valence-electron chi connectivity index (χ3n) is 2.29. The standard InChI is InChI=1S/C11H17NO2/c1-8(2)11(12)10(13)6-5-9-4-3-7-14-9/h3-4,7-8,11H,5-6,12H2,1-2H3/t11-/m1/s1. The second-order valence-electron chi connectivity index (χ2n) is 3.82. The van der Waals surface area contributed by atoms with E-state index in [9.17, 15) is 4.79 Å². The lowest BCUT2D eigenvalue weighted by molar-refractivity contribution is -0.121. The molecule has 1 rings (SSSR count). The van der Waals surface area contributed by atoms with Crippen LogP contribution in [-0.4, -0.2) is 11.8 Å². The highest BCUT2D eigenvalue weighted by molar-refractivity contribution is 5.84. The molecule has 0 bridgehead atoms. The molecule has 0 radical (unpaired) electrons. The van der Waals surface area contributed by atoms with Crippen molar-refractivity contribution < 1.29 is 9.21 Å². The van der Waals surface area contributed by atoms with Gasteiger partial charge in [-0.15, -0.1) is 0 Å². The Morgan fingerprint density at radius 2 is 2.29 bits per heavy atom. The Morgan fingerprint density at radius 3 is 2.79 bits per heavy atom. The molecule has 0 aliphatic heterocycles. The Balaban J connectivity index is 2.35. The molecule has 0 unspecified atom stereocenters. The number of ketones is 1. The van der Waals surface area contributed by atoms with Crippen LogP contribution in [0, 0.1) is 5.92 Å². The second kappa shape index (κ2) is 4.96. The van der Waals surface area contributed by atoms with Gasteiger partial charge in [0.05, 0.1) is 12.3 Å². The summed E-state index contributed by atoms with van der Waals surface area (Å²) in [6, 6.07) is 3.35. The predicted octanol–water partition coefficient (Wildman–Crippen LogP) is 1.76. The van der Waals surface area contributed by atoms with Gasteiger partial charge in [0.15, 0.2) is 0 Å². The average Bonchev–Trinajstić information content (AvgIpc) is 2.65. The van der Waals surface area contributed by atoms with Gasteiger partial charge >= 0.3 is 0 Å². The smallest absolute Gasteiger partial charge is 0.150 e. The Kier molecular flexibility index (Phi) is 3.89. The van der Waals surface area contributed by atoms with Gasteiger partial charge in [-0.3, -0.25) is 4.79 Å². The summed E-state index contributed by atoms with van der Waals surface area (Å²) in [4.78, 5) is 11.5. The van der Waals surface area contributed by atoms with Crippen molar-refractivity contribution in [1.29, 1.82) is 0 Å². The van der Waals surface area contributed by atoms with Crippen LogP contribution >= 0.6 is 0 Å². The van der Waals surface area contributed by atoms with Crippen LogP contribution in [0.5, 0.6) is 0 Å². The minimum absolute atomic E-state index is 0.108. The van der Waals surface area contributed by atoms with Gasteiger partial charge in [0.2, 0.25) is 0 Å². The van der Waals surface area contributed by atoms with Crippen LogP contribution in [-0.2, 0) is 11.2 Å². The molecule has 3 heteroatoms. The highest BCUT2D eigenvalue weighted by Crippen LogP contribution is 2.07. The van der Waals surface area contributed by atoms with Crippen LogP contribution in [0.4, 0.5) is 0 Å². The van der Waals surface area contributed by atoms with Gasteiger partial charge in [0.25, 0.3) is 0 Å². The predicted molar refractivity (Wildman–Crippen MR) is 54.8 cm³/mol. The van der Waals surface area contributed by atoms with E-state index in [4.69, 9.17) is 10.2 Å². The van der Waals surface area contributed by atoms with Gasteiger partial charge in [-0.25, -0.2) is 0 Å². The molecule has 0 amide bonds. The molecule has 0 aliphatic rings. The van der Waals surface area contributed by atoms with E-state index in [1.807, 2.05) is 26.0 Å². The molecule has 1 atom stereocenters. The maximum atomic E-state index is 11.5. The number of rotatable bonds is 5. The Bertz CT molecular complexity index is 277. The van der Waals surface area contributed by atoms with Crippen molar-refractivity contribution in [2.24, 2.45) is 11.7 Å². The molecule has 0 fully saturated rings. The van der Waals surface area contributed by atoms with Gasteiger partial charge < -0.3 is 10.2 Å². The number of carbonyl (C=O) groups is 1. The fourth-order valence-electron chi connectivity index (χ4n) is 1.24. The van der Waals surface area contributed by atoms with Crippen LogP contribution in [0.3, 0.4) is 0 Å². The van der Waals surface area contributed by atoms with Crippen molar-refractivity contribution in [1.82, 2.24) is 0 Å². The molecule has 14 heavy (non-hydrogen) atoms. The van der Waals surface area contributed by atoms with Crippen LogP contribution in [0.25, 0.3) is 0 Å². The van der Waals surface area contributed by atoms with E-state index in [0.717, 1.165) is 5.76 Å². The van der Waals surface area contributed by atoms with Gasteiger partial charge in [-0.2, -0.15) is 0 Å². The summed E-state index contributed by atoms with van der Waals surface area (Å²) in [5.74, 6) is 1.16. The normalized spacial score (nSPS) is 13.1. The van der Waals surface area contributed by atoms with Crippen molar-refractivity contribution in [2.75, 3.05) is 0 Å². The zero-order chi connectivity index (χ0) is 10.6. The highest BCUT2D eigenvalue weighted by Gasteiger charge is 2.16. The summed E-state index contributed by atoms with van der Waals surface area (Å²) < 4.78 is 5.13. The van der Waals surface area contributed by atoms with E-state index < -0.39 is 0 Å². The second-order valence-corrected chi connectivity index (χ2v) is 3.82. The maximum Gasteiger partial charge on any atom is 0.150 e. The zero-order valence-corrected chi connectivity index (χ0v) is 8.69.